The Hall–Kier alpha value is -3.13. The summed E-state index contributed by atoms with van der Waals surface area (Å²) in [4.78, 5) is 10.1. The lowest BCUT2D eigenvalue weighted by molar-refractivity contribution is -0.225. The molecule has 168 valence electrons. The molecule has 2 aromatic rings. The van der Waals surface area contributed by atoms with Crippen molar-refractivity contribution in [2.75, 3.05) is 16.2 Å². The van der Waals surface area contributed by atoms with E-state index in [0.717, 1.165) is 18.2 Å². The van der Waals surface area contributed by atoms with Crippen LogP contribution in [0.5, 0.6) is 5.75 Å². The molecule has 3 N–H and O–H groups in total. The van der Waals surface area contributed by atoms with E-state index in [2.05, 4.69) is 0 Å². The minimum absolute atomic E-state index is 0.143. The van der Waals surface area contributed by atoms with Gasteiger partial charge in [-0.2, -0.15) is 13.2 Å². The fourth-order valence-electron chi connectivity index (χ4n) is 2.84. The molecule has 0 saturated heterocycles. The standard InChI is InChI=1S/C17H13F5N2O6S/c18-10-3-2-9(6-11(10)19)31(28,29)24-7-14(15(25)17(20,21)22)30-13-4-1-8(5-12(13)24)23-16(26)27/h1-6,14-15,23,25H,7H2,(H,26,27)/t14-,15-/m0/s1. The summed E-state index contributed by atoms with van der Waals surface area (Å²) in [5, 5.41) is 20.3. The van der Waals surface area contributed by atoms with Gasteiger partial charge in [-0.05, 0) is 36.4 Å². The molecule has 14 heteroatoms. The number of carboxylic acid groups (broad SMARTS) is 1. The predicted molar refractivity (Wildman–Crippen MR) is 95.5 cm³/mol. The Labute approximate surface area is 171 Å². The van der Waals surface area contributed by atoms with Crippen LogP contribution in [0.15, 0.2) is 41.3 Å². The van der Waals surface area contributed by atoms with Gasteiger partial charge in [-0.1, -0.05) is 0 Å². The largest absolute Gasteiger partial charge is 0.483 e. The zero-order chi connectivity index (χ0) is 23.1. The molecule has 0 aliphatic carbocycles. The van der Waals surface area contributed by atoms with Gasteiger partial charge < -0.3 is 14.9 Å². The van der Waals surface area contributed by atoms with Crippen molar-refractivity contribution in [3.63, 3.8) is 0 Å². The Balaban J connectivity index is 2.13. The molecule has 0 aromatic heterocycles. The number of rotatable bonds is 4. The zero-order valence-corrected chi connectivity index (χ0v) is 15.9. The number of ether oxygens (including phenoxy) is 1. The number of hydrogen-bond donors (Lipinski definition) is 3. The number of aliphatic hydroxyl groups excluding tert-OH is 1. The molecule has 31 heavy (non-hydrogen) atoms. The average Bonchev–Trinajstić information content (AvgIpc) is 2.67. The van der Waals surface area contributed by atoms with Crippen LogP contribution >= 0.6 is 0 Å². The second-order valence-electron chi connectivity index (χ2n) is 6.37. The fourth-order valence-corrected chi connectivity index (χ4v) is 4.33. The number of aliphatic hydroxyl groups is 1. The number of amides is 1. The highest BCUT2D eigenvalue weighted by Crippen LogP contribution is 2.41. The van der Waals surface area contributed by atoms with E-state index in [1.165, 1.54) is 0 Å². The van der Waals surface area contributed by atoms with Crippen molar-refractivity contribution in [3.05, 3.63) is 48.0 Å². The molecule has 0 fully saturated rings. The van der Waals surface area contributed by atoms with Crippen LogP contribution < -0.4 is 14.4 Å². The van der Waals surface area contributed by atoms with Crippen LogP contribution in [0.25, 0.3) is 0 Å². The van der Waals surface area contributed by atoms with Crippen LogP contribution in [-0.2, 0) is 10.0 Å². The van der Waals surface area contributed by atoms with E-state index in [0.29, 0.717) is 22.5 Å². The van der Waals surface area contributed by atoms with E-state index >= 15 is 0 Å². The zero-order valence-electron chi connectivity index (χ0n) is 15.1. The maximum atomic E-state index is 13.6. The monoisotopic (exact) mass is 468 g/mol. The van der Waals surface area contributed by atoms with E-state index in [1.54, 1.807) is 0 Å². The van der Waals surface area contributed by atoms with E-state index in [4.69, 9.17) is 9.84 Å². The first-order chi connectivity index (χ1) is 14.3. The smallest absolute Gasteiger partial charge is 0.418 e. The van der Waals surface area contributed by atoms with Gasteiger partial charge in [-0.15, -0.1) is 0 Å². The molecule has 2 aromatic carbocycles. The van der Waals surface area contributed by atoms with Crippen LogP contribution in [0, 0.1) is 11.6 Å². The molecule has 1 aliphatic rings. The molecule has 8 nitrogen and oxygen atoms in total. The molecule has 0 unspecified atom stereocenters. The maximum Gasteiger partial charge on any atom is 0.418 e. The van der Waals surface area contributed by atoms with Crippen molar-refractivity contribution in [3.8, 4) is 5.75 Å². The molecular weight excluding hydrogens is 455 g/mol. The number of nitrogens with one attached hydrogen (secondary N) is 1. The molecule has 0 radical (unpaired) electrons. The predicted octanol–water partition coefficient (Wildman–Crippen LogP) is 2.93. The lowest BCUT2D eigenvalue weighted by atomic mass is 10.1. The molecular formula is C17H13F5N2O6S. The number of carbonyl (C=O) groups is 1. The summed E-state index contributed by atoms with van der Waals surface area (Å²) in [5.74, 6) is -3.27. The van der Waals surface area contributed by atoms with Gasteiger partial charge in [-0.25, -0.2) is 22.0 Å². The third kappa shape index (κ3) is 4.49. The van der Waals surface area contributed by atoms with Crippen LogP contribution in [0.2, 0.25) is 0 Å². The Kier molecular flexibility index (Phi) is 5.71. The van der Waals surface area contributed by atoms with Gasteiger partial charge in [0.2, 0.25) is 0 Å². The van der Waals surface area contributed by atoms with Crippen molar-refractivity contribution >= 4 is 27.5 Å². The van der Waals surface area contributed by atoms with E-state index in [-0.39, 0.29) is 11.4 Å². The molecule has 3 rings (SSSR count). The Bertz CT molecular complexity index is 1120. The minimum atomic E-state index is -5.15. The first-order valence-electron chi connectivity index (χ1n) is 8.34. The summed E-state index contributed by atoms with van der Waals surface area (Å²) in [7, 11) is -4.78. The van der Waals surface area contributed by atoms with Crippen molar-refractivity contribution in [2.24, 2.45) is 0 Å². The van der Waals surface area contributed by atoms with Gasteiger partial charge in [0.1, 0.15) is 5.75 Å². The summed E-state index contributed by atoms with van der Waals surface area (Å²) in [6, 6.07) is 4.64. The molecule has 1 aliphatic heterocycles. The van der Waals surface area contributed by atoms with E-state index in [1.807, 2.05) is 5.32 Å². The summed E-state index contributed by atoms with van der Waals surface area (Å²) < 4.78 is 97.4. The molecule has 1 heterocycles. The van der Waals surface area contributed by atoms with Gasteiger partial charge in [-0.3, -0.25) is 9.62 Å². The number of sulfonamides is 1. The Morgan fingerprint density at radius 2 is 1.84 bits per heavy atom. The number of benzene rings is 2. The third-order valence-electron chi connectivity index (χ3n) is 4.27. The number of halogens is 5. The summed E-state index contributed by atoms with van der Waals surface area (Å²) in [6.45, 7) is -1.05. The molecule has 0 spiro atoms. The fraction of sp³-hybridized carbons (Fsp3) is 0.235. The van der Waals surface area contributed by atoms with E-state index in [9.17, 15) is 40.3 Å². The van der Waals surface area contributed by atoms with Crippen LogP contribution in [-0.4, -0.2) is 49.7 Å². The third-order valence-corrected chi connectivity index (χ3v) is 6.05. The average molecular weight is 468 g/mol. The SMILES string of the molecule is O=C(O)Nc1ccc2c(c1)N(S(=O)(=O)c1ccc(F)c(F)c1)C[C@@H]([C@H](O)C(F)(F)F)O2. The quantitative estimate of drug-likeness (QED) is 0.595. The Morgan fingerprint density at radius 3 is 2.42 bits per heavy atom. The van der Waals surface area contributed by atoms with Crippen molar-refractivity contribution in [2.45, 2.75) is 23.3 Å². The number of fused-ring (bicyclic) bond motifs is 1. The number of alkyl halides is 3. The maximum absolute atomic E-state index is 13.6. The van der Waals surface area contributed by atoms with E-state index < -0.39 is 63.3 Å². The van der Waals surface area contributed by atoms with Gasteiger partial charge in [0, 0.05) is 5.69 Å². The van der Waals surface area contributed by atoms with Crippen molar-refractivity contribution in [1.29, 1.82) is 0 Å². The first kappa shape index (κ1) is 22.6. The first-order valence-corrected chi connectivity index (χ1v) is 9.78. The summed E-state index contributed by atoms with van der Waals surface area (Å²) in [6.07, 6.45) is -11.8. The van der Waals surface area contributed by atoms with Crippen LogP contribution in [0.3, 0.4) is 0 Å². The van der Waals surface area contributed by atoms with Crippen molar-refractivity contribution < 1.29 is 50.1 Å². The van der Waals surface area contributed by atoms with Crippen LogP contribution in [0.4, 0.5) is 38.1 Å². The van der Waals surface area contributed by atoms with Gasteiger partial charge >= 0.3 is 12.3 Å². The molecule has 2 atom stereocenters. The molecule has 0 saturated carbocycles. The highest BCUT2D eigenvalue weighted by molar-refractivity contribution is 7.92. The topological polar surface area (TPSA) is 116 Å². The highest BCUT2D eigenvalue weighted by atomic mass is 32.2. The van der Waals surface area contributed by atoms with Crippen molar-refractivity contribution in [1.82, 2.24) is 0 Å². The number of nitrogens with zero attached hydrogens (tertiary/aromatic N) is 1. The van der Waals surface area contributed by atoms with Gasteiger partial charge in [0.05, 0.1) is 17.1 Å². The van der Waals surface area contributed by atoms with Crippen LogP contribution in [0.1, 0.15) is 0 Å². The highest BCUT2D eigenvalue weighted by Gasteiger charge is 2.48. The second-order valence-corrected chi connectivity index (χ2v) is 8.23. The van der Waals surface area contributed by atoms with Gasteiger partial charge in [0.15, 0.2) is 23.8 Å². The van der Waals surface area contributed by atoms with Gasteiger partial charge in [0.25, 0.3) is 10.0 Å². The molecule has 0 bridgehead atoms. The summed E-state index contributed by atoms with van der Waals surface area (Å²) >= 11 is 0. The summed E-state index contributed by atoms with van der Waals surface area (Å²) in [5.41, 5.74) is -0.517. The Morgan fingerprint density at radius 1 is 1.16 bits per heavy atom. The normalized spacial score (nSPS) is 17.5. The lowest BCUT2D eigenvalue weighted by Crippen LogP contribution is -2.53. The molecule has 1 amide bonds. The number of anilines is 2. The number of hydrogen-bond acceptors (Lipinski definition) is 5. The lowest BCUT2D eigenvalue weighted by Gasteiger charge is -2.37. The minimum Gasteiger partial charge on any atom is -0.483 e. The second kappa shape index (κ2) is 7.85.